The van der Waals surface area contributed by atoms with Crippen molar-refractivity contribution in [2.75, 3.05) is 24.3 Å². The van der Waals surface area contributed by atoms with E-state index in [0.717, 1.165) is 58.9 Å². The summed E-state index contributed by atoms with van der Waals surface area (Å²) in [5.41, 5.74) is 3.06. The third kappa shape index (κ3) is 4.62. The van der Waals surface area contributed by atoms with E-state index >= 15 is 0 Å². The molecule has 4 aromatic rings. The fourth-order valence-corrected chi connectivity index (χ4v) is 4.76. The summed E-state index contributed by atoms with van der Waals surface area (Å²) in [7, 11) is 4.01. The SMILES string of the molecule is CN(C)c1nc(NC2CCC(NC(=O)Cc3c[nH]c4ccccc34)CC2)nc2ccccc12. The molecule has 5 rings (SSSR count). The van der Waals surface area contributed by atoms with Crippen molar-refractivity contribution in [1.29, 1.82) is 0 Å². The maximum atomic E-state index is 12.7. The number of fused-ring (bicyclic) bond motifs is 2. The largest absolute Gasteiger partial charge is 0.362 e. The molecule has 1 fully saturated rings. The van der Waals surface area contributed by atoms with E-state index in [-0.39, 0.29) is 11.9 Å². The average Bonchev–Trinajstić information content (AvgIpc) is 3.22. The Morgan fingerprint density at radius 1 is 0.970 bits per heavy atom. The van der Waals surface area contributed by atoms with Gasteiger partial charge in [-0.05, 0) is 49.4 Å². The van der Waals surface area contributed by atoms with Crippen LogP contribution in [0.25, 0.3) is 21.8 Å². The summed E-state index contributed by atoms with van der Waals surface area (Å²) in [6.45, 7) is 0. The summed E-state index contributed by atoms with van der Waals surface area (Å²) >= 11 is 0. The minimum Gasteiger partial charge on any atom is -0.362 e. The molecule has 7 heteroatoms. The molecule has 2 aromatic heterocycles. The second kappa shape index (κ2) is 9.10. The zero-order valence-corrected chi connectivity index (χ0v) is 19.1. The van der Waals surface area contributed by atoms with Crippen molar-refractivity contribution in [1.82, 2.24) is 20.3 Å². The molecule has 0 atom stereocenters. The number of nitrogens with one attached hydrogen (secondary N) is 3. The molecule has 1 saturated carbocycles. The summed E-state index contributed by atoms with van der Waals surface area (Å²) in [6.07, 6.45) is 6.20. The van der Waals surface area contributed by atoms with Crippen LogP contribution in [0.2, 0.25) is 0 Å². The van der Waals surface area contributed by atoms with Gasteiger partial charge in [0.15, 0.2) is 0 Å². The Morgan fingerprint density at radius 2 is 1.67 bits per heavy atom. The van der Waals surface area contributed by atoms with Gasteiger partial charge in [0.1, 0.15) is 5.82 Å². The normalized spacial score (nSPS) is 18.4. The van der Waals surface area contributed by atoms with E-state index < -0.39 is 0 Å². The lowest BCUT2D eigenvalue weighted by Crippen LogP contribution is -2.40. The smallest absolute Gasteiger partial charge is 0.225 e. The molecule has 2 aromatic carbocycles. The van der Waals surface area contributed by atoms with Gasteiger partial charge < -0.3 is 20.5 Å². The molecule has 0 spiro atoms. The number of aromatic nitrogens is 3. The molecule has 33 heavy (non-hydrogen) atoms. The van der Waals surface area contributed by atoms with Crippen molar-refractivity contribution in [3.63, 3.8) is 0 Å². The quantitative estimate of drug-likeness (QED) is 0.415. The Morgan fingerprint density at radius 3 is 2.45 bits per heavy atom. The molecule has 3 N–H and O–H groups in total. The van der Waals surface area contributed by atoms with E-state index in [4.69, 9.17) is 9.97 Å². The first-order valence-electron chi connectivity index (χ1n) is 11.6. The van der Waals surface area contributed by atoms with Crippen LogP contribution in [0.5, 0.6) is 0 Å². The number of carbonyl (C=O) groups is 1. The fourth-order valence-electron chi connectivity index (χ4n) is 4.76. The van der Waals surface area contributed by atoms with E-state index in [1.807, 2.05) is 61.6 Å². The van der Waals surface area contributed by atoms with E-state index in [1.54, 1.807) is 0 Å². The molecule has 1 aliphatic carbocycles. The number of hydrogen-bond donors (Lipinski definition) is 3. The van der Waals surface area contributed by atoms with Crippen LogP contribution >= 0.6 is 0 Å². The van der Waals surface area contributed by atoms with Crippen LogP contribution in [0.15, 0.2) is 54.7 Å². The maximum absolute atomic E-state index is 12.7. The molecule has 0 unspecified atom stereocenters. The molecule has 1 aliphatic rings. The summed E-state index contributed by atoms with van der Waals surface area (Å²) in [5.74, 6) is 1.68. The van der Waals surface area contributed by atoms with Gasteiger partial charge in [-0.1, -0.05) is 30.3 Å². The number of amides is 1. The number of benzene rings is 2. The monoisotopic (exact) mass is 442 g/mol. The second-order valence-corrected chi connectivity index (χ2v) is 9.08. The van der Waals surface area contributed by atoms with Gasteiger partial charge in [-0.25, -0.2) is 4.98 Å². The zero-order chi connectivity index (χ0) is 22.8. The number of para-hydroxylation sites is 2. The highest BCUT2D eigenvalue weighted by atomic mass is 16.1. The first-order valence-corrected chi connectivity index (χ1v) is 11.6. The predicted molar refractivity (Wildman–Crippen MR) is 134 cm³/mol. The van der Waals surface area contributed by atoms with Crippen molar-refractivity contribution in [3.05, 3.63) is 60.3 Å². The number of aromatic amines is 1. The standard InChI is InChI=1S/C26H30N6O/c1-32(2)25-21-8-4-6-10-23(21)30-26(31-25)29-19-13-11-18(12-14-19)28-24(33)15-17-16-27-22-9-5-3-7-20(17)22/h3-10,16,18-19,27H,11-15H2,1-2H3,(H,28,33)(H,29,30,31). The van der Waals surface area contributed by atoms with Crippen molar-refractivity contribution >= 4 is 39.5 Å². The van der Waals surface area contributed by atoms with Gasteiger partial charge in [0.2, 0.25) is 11.9 Å². The third-order valence-electron chi connectivity index (χ3n) is 6.46. The Bertz CT molecular complexity index is 1270. The molecule has 0 bridgehead atoms. The van der Waals surface area contributed by atoms with Gasteiger partial charge in [0.05, 0.1) is 11.9 Å². The fraction of sp³-hybridized carbons (Fsp3) is 0.346. The molecule has 2 heterocycles. The Hall–Kier alpha value is -3.61. The number of nitrogens with zero attached hydrogens (tertiary/aromatic N) is 3. The Balaban J connectivity index is 1.17. The highest BCUT2D eigenvalue weighted by Gasteiger charge is 2.23. The van der Waals surface area contributed by atoms with Gasteiger partial charge >= 0.3 is 0 Å². The first-order chi connectivity index (χ1) is 16.1. The second-order valence-electron chi connectivity index (χ2n) is 9.08. The molecule has 1 amide bonds. The number of H-pyrrole nitrogens is 1. The molecule has 0 radical (unpaired) electrons. The van der Waals surface area contributed by atoms with Crippen LogP contribution in [0.1, 0.15) is 31.2 Å². The van der Waals surface area contributed by atoms with Crippen molar-refractivity contribution < 1.29 is 4.79 Å². The maximum Gasteiger partial charge on any atom is 0.225 e. The van der Waals surface area contributed by atoms with Crippen LogP contribution < -0.4 is 15.5 Å². The van der Waals surface area contributed by atoms with Crippen LogP contribution in [-0.4, -0.2) is 47.0 Å². The number of hydrogen-bond acceptors (Lipinski definition) is 5. The lowest BCUT2D eigenvalue weighted by atomic mass is 9.91. The molecule has 170 valence electrons. The van der Waals surface area contributed by atoms with Gasteiger partial charge in [0.25, 0.3) is 0 Å². The summed E-state index contributed by atoms with van der Waals surface area (Å²) in [6, 6.07) is 16.7. The van der Waals surface area contributed by atoms with Crippen molar-refractivity contribution in [2.24, 2.45) is 0 Å². The van der Waals surface area contributed by atoms with E-state index in [9.17, 15) is 4.79 Å². The molecule has 0 aliphatic heterocycles. The lowest BCUT2D eigenvalue weighted by molar-refractivity contribution is -0.121. The van der Waals surface area contributed by atoms with Crippen LogP contribution in [-0.2, 0) is 11.2 Å². The summed E-state index contributed by atoms with van der Waals surface area (Å²) in [4.78, 5) is 27.4. The first kappa shape index (κ1) is 21.2. The summed E-state index contributed by atoms with van der Waals surface area (Å²) < 4.78 is 0. The Kier molecular flexibility index (Phi) is 5.86. The van der Waals surface area contributed by atoms with Crippen molar-refractivity contribution in [3.8, 4) is 0 Å². The average molecular weight is 443 g/mol. The van der Waals surface area contributed by atoms with Gasteiger partial charge in [0, 0.05) is 48.7 Å². The zero-order valence-electron chi connectivity index (χ0n) is 19.1. The van der Waals surface area contributed by atoms with E-state index in [2.05, 4.69) is 27.8 Å². The Labute approximate surface area is 193 Å². The molecular weight excluding hydrogens is 412 g/mol. The number of carbonyl (C=O) groups excluding carboxylic acids is 1. The minimum atomic E-state index is 0.0876. The highest BCUT2D eigenvalue weighted by Crippen LogP contribution is 2.26. The van der Waals surface area contributed by atoms with Crippen molar-refractivity contribution in [2.45, 2.75) is 44.2 Å². The highest BCUT2D eigenvalue weighted by molar-refractivity contribution is 5.90. The topological polar surface area (TPSA) is 85.9 Å². The number of rotatable bonds is 6. The van der Waals surface area contributed by atoms with Crippen LogP contribution in [0.3, 0.4) is 0 Å². The van der Waals surface area contributed by atoms with E-state index in [0.29, 0.717) is 18.4 Å². The minimum absolute atomic E-state index is 0.0876. The van der Waals surface area contributed by atoms with Crippen LogP contribution in [0, 0.1) is 0 Å². The van der Waals surface area contributed by atoms with Gasteiger partial charge in [-0.15, -0.1) is 0 Å². The third-order valence-corrected chi connectivity index (χ3v) is 6.46. The van der Waals surface area contributed by atoms with Gasteiger partial charge in [-0.2, -0.15) is 4.98 Å². The van der Waals surface area contributed by atoms with Crippen LogP contribution in [0.4, 0.5) is 11.8 Å². The number of anilines is 2. The lowest BCUT2D eigenvalue weighted by Gasteiger charge is -2.30. The molecular formula is C26H30N6O. The predicted octanol–water partition coefficient (Wildman–Crippen LogP) is 4.26. The summed E-state index contributed by atoms with van der Waals surface area (Å²) in [5, 5.41) is 8.94. The van der Waals surface area contributed by atoms with E-state index in [1.165, 1.54) is 0 Å². The molecule has 7 nitrogen and oxygen atoms in total. The van der Waals surface area contributed by atoms with Gasteiger partial charge in [-0.3, -0.25) is 4.79 Å². The molecule has 0 saturated heterocycles.